The minimum atomic E-state index is -0.328. The molecule has 28 heavy (non-hydrogen) atoms. The molecule has 2 heterocycles. The van der Waals surface area contributed by atoms with Crippen molar-refractivity contribution in [1.29, 1.82) is 0 Å². The topological polar surface area (TPSA) is 41.6 Å². The van der Waals surface area contributed by atoms with Gasteiger partial charge in [0.25, 0.3) is 5.91 Å². The average molecular weight is 402 g/mol. The Hall–Kier alpha value is -2.35. The van der Waals surface area contributed by atoms with E-state index in [4.69, 9.17) is 4.74 Å². The molecule has 0 spiro atoms. The van der Waals surface area contributed by atoms with Gasteiger partial charge in [-0.1, -0.05) is 18.2 Å². The number of nitrogens with one attached hydrogen (secondary N) is 1. The third-order valence-electron chi connectivity index (χ3n) is 4.93. The predicted molar refractivity (Wildman–Crippen MR) is 106 cm³/mol. The van der Waals surface area contributed by atoms with Crippen LogP contribution in [0.4, 0.5) is 8.78 Å². The van der Waals surface area contributed by atoms with Crippen molar-refractivity contribution in [3.05, 3.63) is 70.6 Å². The fourth-order valence-electron chi connectivity index (χ4n) is 3.45. The highest BCUT2D eigenvalue weighted by molar-refractivity contribution is 7.20. The maximum Gasteiger partial charge on any atom is 0.261 e. The number of hydrogen-bond donors (Lipinski definition) is 1. The number of hydrogen-bond acceptors (Lipinski definition) is 4. The molecule has 1 amide bonds. The Kier molecular flexibility index (Phi) is 5.66. The van der Waals surface area contributed by atoms with Gasteiger partial charge in [0, 0.05) is 29.7 Å². The number of nitrogens with zero attached hydrogens (tertiary/aromatic N) is 1. The normalized spacial score (nSPS) is 16.2. The van der Waals surface area contributed by atoms with Gasteiger partial charge < -0.3 is 10.1 Å². The average Bonchev–Trinajstić information content (AvgIpc) is 3.16. The fraction of sp³-hybridized carbons (Fsp3) is 0.286. The van der Waals surface area contributed by atoms with Gasteiger partial charge in [0.15, 0.2) is 0 Å². The summed E-state index contributed by atoms with van der Waals surface area (Å²) < 4.78 is 33.4. The third kappa shape index (κ3) is 4.06. The van der Waals surface area contributed by atoms with Crippen LogP contribution in [0.2, 0.25) is 0 Å². The van der Waals surface area contributed by atoms with Crippen LogP contribution in [0.1, 0.15) is 21.3 Å². The highest BCUT2D eigenvalue weighted by Crippen LogP contribution is 2.28. The Labute approximate surface area is 165 Å². The van der Waals surface area contributed by atoms with Crippen LogP contribution >= 0.6 is 11.3 Å². The Morgan fingerprint density at radius 3 is 2.61 bits per heavy atom. The summed E-state index contributed by atoms with van der Waals surface area (Å²) in [4.78, 5) is 15.4. The summed E-state index contributed by atoms with van der Waals surface area (Å²) in [6.07, 6.45) is 0. The molecule has 0 aliphatic carbocycles. The lowest BCUT2D eigenvalue weighted by Crippen LogP contribution is -2.43. The monoisotopic (exact) mass is 402 g/mol. The molecule has 2 aromatic carbocycles. The van der Waals surface area contributed by atoms with Crippen LogP contribution in [0.25, 0.3) is 10.1 Å². The first kappa shape index (κ1) is 19.0. The lowest BCUT2D eigenvalue weighted by atomic mass is 10.0. The van der Waals surface area contributed by atoms with Gasteiger partial charge in [0.2, 0.25) is 0 Å². The molecule has 7 heteroatoms. The smallest absolute Gasteiger partial charge is 0.261 e. The van der Waals surface area contributed by atoms with Crippen LogP contribution in [0.3, 0.4) is 0 Å². The molecule has 1 N–H and O–H groups in total. The summed E-state index contributed by atoms with van der Waals surface area (Å²) in [5.74, 6) is -0.855. The van der Waals surface area contributed by atoms with E-state index in [-0.39, 0.29) is 23.6 Å². The number of benzene rings is 2. The van der Waals surface area contributed by atoms with Crippen LogP contribution in [-0.4, -0.2) is 43.7 Å². The zero-order chi connectivity index (χ0) is 19.5. The first-order valence-corrected chi connectivity index (χ1v) is 9.97. The predicted octanol–water partition coefficient (Wildman–Crippen LogP) is 3.98. The zero-order valence-electron chi connectivity index (χ0n) is 15.2. The molecule has 1 aliphatic heterocycles. The van der Waals surface area contributed by atoms with Gasteiger partial charge in [-0.15, -0.1) is 11.3 Å². The highest BCUT2D eigenvalue weighted by Gasteiger charge is 2.24. The standard InChI is InChI=1S/C21H20F2N2O2S/c22-15-6-4-14(5-7-15)18(25-8-10-27-11-9-25)13-24-21(26)20-12-16-17(23)2-1-3-19(16)28-20/h1-7,12,18H,8-11,13H2,(H,24,26). The van der Waals surface area contributed by atoms with Crippen LogP contribution in [0.5, 0.6) is 0 Å². The summed E-state index contributed by atoms with van der Waals surface area (Å²) in [6, 6.07) is 12.7. The van der Waals surface area contributed by atoms with Crippen LogP contribution in [-0.2, 0) is 4.74 Å². The summed E-state index contributed by atoms with van der Waals surface area (Å²) in [6.45, 7) is 3.11. The fourth-order valence-corrected chi connectivity index (χ4v) is 4.44. The highest BCUT2D eigenvalue weighted by atomic mass is 32.1. The Morgan fingerprint density at radius 1 is 1.14 bits per heavy atom. The van der Waals surface area contributed by atoms with Gasteiger partial charge in [-0.25, -0.2) is 8.78 Å². The summed E-state index contributed by atoms with van der Waals surface area (Å²) >= 11 is 1.27. The number of thiophene rings is 1. The van der Waals surface area contributed by atoms with Crippen LogP contribution in [0, 0.1) is 11.6 Å². The minimum absolute atomic E-state index is 0.0837. The minimum Gasteiger partial charge on any atom is -0.379 e. The summed E-state index contributed by atoms with van der Waals surface area (Å²) in [5.41, 5.74) is 0.936. The molecule has 1 atom stereocenters. The molecular formula is C21H20F2N2O2S. The van der Waals surface area contributed by atoms with Crippen molar-refractivity contribution >= 4 is 27.3 Å². The quantitative estimate of drug-likeness (QED) is 0.702. The Morgan fingerprint density at radius 2 is 1.89 bits per heavy atom. The van der Waals surface area contributed by atoms with Gasteiger partial charge in [-0.2, -0.15) is 0 Å². The van der Waals surface area contributed by atoms with Crippen molar-refractivity contribution < 1.29 is 18.3 Å². The van der Waals surface area contributed by atoms with Gasteiger partial charge in [-0.05, 0) is 35.9 Å². The van der Waals surface area contributed by atoms with Crippen molar-refractivity contribution in [3.63, 3.8) is 0 Å². The van der Waals surface area contributed by atoms with E-state index in [1.165, 1.54) is 29.5 Å². The molecule has 0 bridgehead atoms. The largest absolute Gasteiger partial charge is 0.379 e. The SMILES string of the molecule is O=C(NCC(c1ccc(F)cc1)N1CCOCC1)c1cc2c(F)cccc2s1. The molecule has 0 saturated carbocycles. The second-order valence-corrected chi connectivity index (χ2v) is 7.77. The molecule has 1 saturated heterocycles. The van der Waals surface area contributed by atoms with E-state index in [9.17, 15) is 13.6 Å². The molecule has 1 aliphatic rings. The van der Waals surface area contributed by atoms with Crippen LogP contribution < -0.4 is 5.32 Å². The molecule has 4 rings (SSSR count). The number of morpholine rings is 1. The van der Waals surface area contributed by atoms with Crippen molar-refractivity contribution in [2.24, 2.45) is 0 Å². The lowest BCUT2D eigenvalue weighted by Gasteiger charge is -2.34. The number of rotatable bonds is 5. The van der Waals surface area contributed by atoms with Gasteiger partial charge >= 0.3 is 0 Å². The molecule has 0 radical (unpaired) electrons. The van der Waals surface area contributed by atoms with Crippen molar-refractivity contribution in [3.8, 4) is 0 Å². The van der Waals surface area contributed by atoms with E-state index in [1.807, 2.05) is 0 Å². The summed E-state index contributed by atoms with van der Waals surface area (Å²) in [5, 5.41) is 3.42. The maximum atomic E-state index is 13.9. The van der Waals surface area contributed by atoms with Gasteiger partial charge in [0.1, 0.15) is 11.6 Å². The molecule has 1 unspecified atom stereocenters. The van der Waals surface area contributed by atoms with Gasteiger partial charge in [0.05, 0.1) is 24.1 Å². The van der Waals surface area contributed by atoms with E-state index < -0.39 is 0 Å². The van der Waals surface area contributed by atoms with E-state index in [0.29, 0.717) is 30.0 Å². The second kappa shape index (κ2) is 8.34. The molecule has 4 nitrogen and oxygen atoms in total. The second-order valence-electron chi connectivity index (χ2n) is 6.69. The zero-order valence-corrected chi connectivity index (χ0v) is 16.0. The summed E-state index contributed by atoms with van der Waals surface area (Å²) in [7, 11) is 0. The van der Waals surface area contributed by atoms with Crippen molar-refractivity contribution in [1.82, 2.24) is 10.2 Å². The van der Waals surface area contributed by atoms with E-state index in [0.717, 1.165) is 23.4 Å². The Balaban J connectivity index is 1.51. The number of carbonyl (C=O) groups is 1. The number of fused-ring (bicyclic) bond motifs is 1. The van der Waals surface area contributed by atoms with E-state index in [1.54, 1.807) is 30.3 Å². The molecular weight excluding hydrogens is 382 g/mol. The van der Waals surface area contributed by atoms with Crippen molar-refractivity contribution in [2.75, 3.05) is 32.8 Å². The molecule has 3 aromatic rings. The van der Waals surface area contributed by atoms with E-state index in [2.05, 4.69) is 10.2 Å². The molecule has 146 valence electrons. The first-order chi connectivity index (χ1) is 13.6. The number of halogens is 2. The third-order valence-corrected chi connectivity index (χ3v) is 6.03. The van der Waals surface area contributed by atoms with Crippen LogP contribution in [0.15, 0.2) is 48.5 Å². The lowest BCUT2D eigenvalue weighted by molar-refractivity contribution is 0.0162. The first-order valence-electron chi connectivity index (χ1n) is 9.15. The van der Waals surface area contributed by atoms with Gasteiger partial charge in [-0.3, -0.25) is 9.69 Å². The van der Waals surface area contributed by atoms with Crippen molar-refractivity contribution in [2.45, 2.75) is 6.04 Å². The van der Waals surface area contributed by atoms with E-state index >= 15 is 0 Å². The molecule has 1 aromatic heterocycles. The number of carbonyl (C=O) groups excluding carboxylic acids is 1. The Bertz CT molecular complexity index is 968. The molecule has 1 fully saturated rings. The number of amides is 1. The maximum absolute atomic E-state index is 13.9. The number of ether oxygens (including phenoxy) is 1.